The van der Waals surface area contributed by atoms with Gasteiger partial charge in [0.05, 0.1) is 10.5 Å². The van der Waals surface area contributed by atoms with E-state index in [4.69, 9.17) is 0 Å². The molecule has 1 aliphatic heterocycles. The summed E-state index contributed by atoms with van der Waals surface area (Å²) in [5.41, 5.74) is 1.43. The summed E-state index contributed by atoms with van der Waals surface area (Å²) in [6.07, 6.45) is 3.76. The lowest BCUT2D eigenvalue weighted by Crippen LogP contribution is -2.37. The van der Waals surface area contributed by atoms with Crippen LogP contribution in [-0.4, -0.2) is 54.7 Å². The highest BCUT2D eigenvalue weighted by atomic mass is 32.2. The third-order valence-electron chi connectivity index (χ3n) is 4.28. The molecule has 0 spiro atoms. The monoisotopic (exact) mass is 359 g/mol. The Labute approximate surface area is 148 Å². The molecule has 0 unspecified atom stereocenters. The fraction of sp³-hybridized carbons (Fsp3) is 0.333. The van der Waals surface area contributed by atoms with Gasteiger partial charge < -0.3 is 4.90 Å². The van der Waals surface area contributed by atoms with Crippen molar-refractivity contribution in [2.45, 2.75) is 18.2 Å². The van der Waals surface area contributed by atoms with E-state index in [9.17, 15) is 13.2 Å². The molecule has 1 aliphatic rings. The molecule has 2 heterocycles. The molecule has 2 aromatic rings. The molecule has 0 bridgehead atoms. The minimum atomic E-state index is -3.54. The van der Waals surface area contributed by atoms with Crippen LogP contribution >= 0.6 is 0 Å². The molecule has 25 heavy (non-hydrogen) atoms. The SMILES string of the molecule is Cc1cccc(S(=O)(=O)N2CCCN(C(=O)c3cccnc3)CC2)c1. The molecular weight excluding hydrogens is 338 g/mol. The predicted octanol–water partition coefficient (Wildman–Crippen LogP) is 1.93. The Hall–Kier alpha value is -2.25. The minimum Gasteiger partial charge on any atom is -0.337 e. The molecule has 3 rings (SSSR count). The van der Waals surface area contributed by atoms with E-state index < -0.39 is 10.0 Å². The quantitative estimate of drug-likeness (QED) is 0.840. The molecule has 6 nitrogen and oxygen atoms in total. The van der Waals surface area contributed by atoms with E-state index in [0.717, 1.165) is 5.56 Å². The average Bonchev–Trinajstić information content (AvgIpc) is 2.88. The second-order valence-corrected chi connectivity index (χ2v) is 8.05. The van der Waals surface area contributed by atoms with Crippen LogP contribution in [0.4, 0.5) is 0 Å². The number of carbonyl (C=O) groups excluding carboxylic acids is 1. The van der Waals surface area contributed by atoms with Crippen molar-refractivity contribution < 1.29 is 13.2 Å². The lowest BCUT2D eigenvalue weighted by molar-refractivity contribution is 0.0764. The van der Waals surface area contributed by atoms with Gasteiger partial charge in [-0.2, -0.15) is 4.31 Å². The Balaban J connectivity index is 1.74. The van der Waals surface area contributed by atoms with Crippen LogP contribution in [0.1, 0.15) is 22.3 Å². The van der Waals surface area contributed by atoms with Crippen molar-refractivity contribution in [3.63, 3.8) is 0 Å². The van der Waals surface area contributed by atoms with Crippen LogP contribution in [0.15, 0.2) is 53.7 Å². The molecule has 7 heteroatoms. The first kappa shape index (κ1) is 17.6. The second-order valence-electron chi connectivity index (χ2n) is 6.11. The number of sulfonamides is 1. The van der Waals surface area contributed by atoms with Gasteiger partial charge in [-0.25, -0.2) is 8.42 Å². The van der Waals surface area contributed by atoms with Gasteiger partial charge >= 0.3 is 0 Å². The van der Waals surface area contributed by atoms with Crippen LogP contribution < -0.4 is 0 Å². The Morgan fingerprint density at radius 2 is 1.92 bits per heavy atom. The summed E-state index contributed by atoms with van der Waals surface area (Å²) in [6, 6.07) is 10.4. The van der Waals surface area contributed by atoms with Crippen molar-refractivity contribution >= 4 is 15.9 Å². The summed E-state index contributed by atoms with van der Waals surface area (Å²) in [5, 5.41) is 0. The van der Waals surface area contributed by atoms with Gasteiger partial charge in [-0.05, 0) is 43.2 Å². The highest BCUT2D eigenvalue weighted by Crippen LogP contribution is 2.19. The number of hydrogen-bond donors (Lipinski definition) is 0. The van der Waals surface area contributed by atoms with E-state index in [0.29, 0.717) is 43.1 Å². The summed E-state index contributed by atoms with van der Waals surface area (Å²) < 4.78 is 27.2. The topological polar surface area (TPSA) is 70.6 Å². The number of carbonyl (C=O) groups is 1. The van der Waals surface area contributed by atoms with Gasteiger partial charge in [0.2, 0.25) is 10.0 Å². The first-order valence-electron chi connectivity index (χ1n) is 8.24. The summed E-state index contributed by atoms with van der Waals surface area (Å²) in [5.74, 6) is -0.108. The van der Waals surface area contributed by atoms with Crippen molar-refractivity contribution in [3.8, 4) is 0 Å². The van der Waals surface area contributed by atoms with E-state index in [1.807, 2.05) is 13.0 Å². The zero-order chi connectivity index (χ0) is 17.9. The smallest absolute Gasteiger partial charge is 0.255 e. The van der Waals surface area contributed by atoms with E-state index in [2.05, 4.69) is 4.98 Å². The Bertz CT molecular complexity index is 853. The summed E-state index contributed by atoms with van der Waals surface area (Å²) >= 11 is 0. The fourth-order valence-electron chi connectivity index (χ4n) is 2.93. The zero-order valence-corrected chi connectivity index (χ0v) is 14.9. The summed E-state index contributed by atoms with van der Waals surface area (Å²) in [4.78, 5) is 18.5. The zero-order valence-electron chi connectivity index (χ0n) is 14.1. The lowest BCUT2D eigenvalue weighted by Gasteiger charge is -2.22. The van der Waals surface area contributed by atoms with Crippen molar-refractivity contribution in [1.29, 1.82) is 0 Å². The number of amides is 1. The summed E-state index contributed by atoms with van der Waals surface area (Å²) in [7, 11) is -3.54. The number of hydrogen-bond acceptors (Lipinski definition) is 4. The molecule has 0 radical (unpaired) electrons. The first-order chi connectivity index (χ1) is 12.0. The molecule has 1 saturated heterocycles. The Morgan fingerprint density at radius 1 is 1.08 bits per heavy atom. The largest absolute Gasteiger partial charge is 0.337 e. The molecule has 0 aliphatic carbocycles. The minimum absolute atomic E-state index is 0.108. The number of pyridine rings is 1. The van der Waals surface area contributed by atoms with E-state index in [-0.39, 0.29) is 5.91 Å². The molecular formula is C18H21N3O3S. The van der Waals surface area contributed by atoms with Crippen LogP contribution in [0.25, 0.3) is 0 Å². The predicted molar refractivity (Wildman–Crippen MR) is 94.7 cm³/mol. The van der Waals surface area contributed by atoms with Gasteiger partial charge in [0.1, 0.15) is 0 Å². The van der Waals surface area contributed by atoms with Gasteiger partial charge in [0.15, 0.2) is 0 Å². The number of nitrogens with zero attached hydrogens (tertiary/aromatic N) is 3. The molecule has 1 aromatic heterocycles. The molecule has 132 valence electrons. The van der Waals surface area contributed by atoms with E-state index in [1.165, 1.54) is 10.5 Å². The van der Waals surface area contributed by atoms with Crippen LogP contribution in [0.2, 0.25) is 0 Å². The Morgan fingerprint density at radius 3 is 2.64 bits per heavy atom. The maximum absolute atomic E-state index is 12.9. The van der Waals surface area contributed by atoms with Crippen LogP contribution in [0, 0.1) is 6.92 Å². The third-order valence-corrected chi connectivity index (χ3v) is 6.17. The summed E-state index contributed by atoms with van der Waals surface area (Å²) in [6.45, 7) is 3.48. The first-order valence-corrected chi connectivity index (χ1v) is 9.68. The van der Waals surface area contributed by atoms with Crippen molar-refractivity contribution in [2.24, 2.45) is 0 Å². The maximum atomic E-state index is 12.9. The van der Waals surface area contributed by atoms with Gasteiger partial charge in [-0.1, -0.05) is 12.1 Å². The molecule has 0 N–H and O–H groups in total. The van der Waals surface area contributed by atoms with E-state index >= 15 is 0 Å². The molecule has 0 saturated carbocycles. The average molecular weight is 359 g/mol. The Kier molecular flexibility index (Phi) is 5.15. The maximum Gasteiger partial charge on any atom is 0.255 e. The van der Waals surface area contributed by atoms with Gasteiger partial charge in [-0.15, -0.1) is 0 Å². The van der Waals surface area contributed by atoms with Crippen molar-refractivity contribution in [3.05, 3.63) is 59.9 Å². The number of aryl methyl sites for hydroxylation is 1. The normalized spacial score (nSPS) is 16.4. The van der Waals surface area contributed by atoms with Gasteiger partial charge in [0, 0.05) is 38.6 Å². The van der Waals surface area contributed by atoms with Crippen LogP contribution in [0.3, 0.4) is 0 Å². The number of rotatable bonds is 3. The van der Waals surface area contributed by atoms with Crippen molar-refractivity contribution in [1.82, 2.24) is 14.2 Å². The van der Waals surface area contributed by atoms with Gasteiger partial charge in [0.25, 0.3) is 5.91 Å². The second kappa shape index (κ2) is 7.33. The van der Waals surface area contributed by atoms with E-state index in [1.54, 1.807) is 41.4 Å². The van der Waals surface area contributed by atoms with Crippen molar-refractivity contribution in [2.75, 3.05) is 26.2 Å². The molecule has 1 amide bonds. The number of benzene rings is 1. The van der Waals surface area contributed by atoms with Gasteiger partial charge in [-0.3, -0.25) is 9.78 Å². The molecule has 1 fully saturated rings. The molecule has 1 aromatic carbocycles. The standard InChI is InChI=1S/C18H21N3O3S/c1-15-5-2-7-17(13-15)25(23,24)21-10-4-9-20(11-12-21)18(22)16-6-3-8-19-14-16/h2-3,5-8,13-14H,4,9-12H2,1H3. The third kappa shape index (κ3) is 3.88. The van der Waals surface area contributed by atoms with Crippen LogP contribution in [0.5, 0.6) is 0 Å². The molecule has 0 atom stereocenters. The fourth-order valence-corrected chi connectivity index (χ4v) is 4.51. The van der Waals surface area contributed by atoms with Crippen LogP contribution in [-0.2, 0) is 10.0 Å². The number of aromatic nitrogens is 1. The highest BCUT2D eigenvalue weighted by Gasteiger charge is 2.28. The lowest BCUT2D eigenvalue weighted by atomic mass is 10.2. The highest BCUT2D eigenvalue weighted by molar-refractivity contribution is 7.89.